The first-order chi connectivity index (χ1) is 19.0. The number of amides is 1. The Balaban J connectivity index is 1.70. The van der Waals surface area contributed by atoms with Crippen molar-refractivity contribution in [2.75, 3.05) is 67.8 Å². The van der Waals surface area contributed by atoms with E-state index in [1.807, 2.05) is 59.3 Å². The number of anilines is 6. The van der Waals surface area contributed by atoms with Crippen molar-refractivity contribution in [1.82, 2.24) is 19.9 Å². The monoisotopic (exact) mass is 544 g/mol. The topological polar surface area (TPSA) is 98.8 Å². The van der Waals surface area contributed by atoms with Gasteiger partial charge in [0.25, 0.3) is 0 Å². The zero-order chi connectivity index (χ0) is 29.0. The SMILES string of the molecule is C=CC(=O)Nc1cc(Nc2nccc(N3CC(C)(C)c4nc(C)ccc43)n2)c(OCC)cc1N(C)CCN(C)C. The van der Waals surface area contributed by atoms with E-state index in [4.69, 9.17) is 14.7 Å². The standard InChI is InChI=1S/C30H40N8O2/c1-9-27(39)33-21-17-22(25(40-10-2)18-24(21)37(8)16-15-36(6)7)34-29-31-14-13-26(35-29)38-19-30(4,5)28-23(38)12-11-20(3)32-28/h9,11-14,17-18H,1,10,15-16,19H2,2-8H3,(H,33,39)(H,31,34,35). The lowest BCUT2D eigenvalue weighted by molar-refractivity contribution is -0.111. The van der Waals surface area contributed by atoms with Crippen molar-refractivity contribution in [3.63, 3.8) is 0 Å². The van der Waals surface area contributed by atoms with Crippen LogP contribution in [0.1, 0.15) is 32.2 Å². The Labute approximate surface area is 237 Å². The van der Waals surface area contributed by atoms with Gasteiger partial charge in [-0.25, -0.2) is 4.98 Å². The molecule has 40 heavy (non-hydrogen) atoms. The van der Waals surface area contributed by atoms with Crippen molar-refractivity contribution in [3.8, 4) is 5.75 Å². The van der Waals surface area contributed by atoms with E-state index < -0.39 is 0 Å². The Hall–Kier alpha value is -4.18. The van der Waals surface area contributed by atoms with E-state index in [0.29, 0.717) is 29.7 Å². The van der Waals surface area contributed by atoms with Crippen LogP contribution in [-0.4, -0.2) is 73.1 Å². The predicted molar refractivity (Wildman–Crippen MR) is 163 cm³/mol. The van der Waals surface area contributed by atoms with Crippen molar-refractivity contribution in [1.29, 1.82) is 0 Å². The van der Waals surface area contributed by atoms with Crippen LogP contribution < -0.4 is 25.2 Å². The molecular formula is C30H40N8O2. The first-order valence-corrected chi connectivity index (χ1v) is 13.5. The maximum absolute atomic E-state index is 12.3. The second-order valence-corrected chi connectivity index (χ2v) is 10.9. The maximum atomic E-state index is 12.3. The lowest BCUT2D eigenvalue weighted by Gasteiger charge is -2.26. The maximum Gasteiger partial charge on any atom is 0.247 e. The number of nitrogens with zero attached hydrogens (tertiary/aromatic N) is 6. The molecule has 3 aromatic rings. The fraction of sp³-hybridized carbons (Fsp3) is 0.400. The molecule has 2 N–H and O–H groups in total. The van der Waals surface area contributed by atoms with E-state index in [2.05, 4.69) is 56.8 Å². The Kier molecular flexibility index (Phi) is 8.58. The van der Waals surface area contributed by atoms with Crippen LogP contribution in [0.5, 0.6) is 5.75 Å². The Morgan fingerprint density at radius 2 is 1.93 bits per heavy atom. The number of nitrogens with one attached hydrogen (secondary N) is 2. The van der Waals surface area contributed by atoms with Crippen molar-refractivity contribution in [2.45, 2.75) is 33.1 Å². The third-order valence-corrected chi connectivity index (χ3v) is 6.80. The Morgan fingerprint density at radius 1 is 1.15 bits per heavy atom. The summed E-state index contributed by atoms with van der Waals surface area (Å²) < 4.78 is 6.02. The first kappa shape index (κ1) is 28.8. The van der Waals surface area contributed by atoms with Gasteiger partial charge in [-0.2, -0.15) is 4.98 Å². The number of pyridine rings is 1. The van der Waals surface area contributed by atoms with Gasteiger partial charge in [0.05, 0.1) is 35.1 Å². The number of hydrogen-bond acceptors (Lipinski definition) is 9. The molecule has 0 unspecified atom stereocenters. The second-order valence-electron chi connectivity index (χ2n) is 10.9. The van der Waals surface area contributed by atoms with Gasteiger partial charge in [-0.3, -0.25) is 9.78 Å². The molecule has 3 heterocycles. The minimum atomic E-state index is -0.297. The summed E-state index contributed by atoms with van der Waals surface area (Å²) in [6, 6.07) is 9.81. The molecule has 10 nitrogen and oxygen atoms in total. The van der Waals surface area contributed by atoms with E-state index in [-0.39, 0.29) is 11.3 Å². The number of aryl methyl sites for hydroxylation is 1. The van der Waals surface area contributed by atoms with Gasteiger partial charge in [0, 0.05) is 50.1 Å². The molecule has 1 aromatic carbocycles. The molecule has 4 rings (SSSR count). The Morgan fingerprint density at radius 3 is 2.62 bits per heavy atom. The molecular weight excluding hydrogens is 504 g/mol. The molecule has 0 spiro atoms. The van der Waals surface area contributed by atoms with Crippen molar-refractivity contribution in [3.05, 3.63) is 60.6 Å². The van der Waals surface area contributed by atoms with Gasteiger partial charge in [-0.05, 0) is 58.3 Å². The molecule has 0 saturated carbocycles. The van der Waals surface area contributed by atoms with Crippen LogP contribution in [0.4, 0.5) is 34.5 Å². The Bertz CT molecular complexity index is 1390. The molecule has 10 heteroatoms. The first-order valence-electron chi connectivity index (χ1n) is 13.5. The van der Waals surface area contributed by atoms with Crippen molar-refractivity contribution >= 4 is 40.4 Å². The van der Waals surface area contributed by atoms with Gasteiger partial charge in [-0.1, -0.05) is 20.4 Å². The normalized spacial score (nSPS) is 13.7. The average Bonchev–Trinajstić information content (AvgIpc) is 3.18. The molecule has 212 valence electrons. The highest BCUT2D eigenvalue weighted by atomic mass is 16.5. The second kappa shape index (κ2) is 11.9. The highest BCUT2D eigenvalue weighted by molar-refractivity contribution is 6.02. The van der Waals surface area contributed by atoms with Crippen LogP contribution in [-0.2, 0) is 10.2 Å². The third-order valence-electron chi connectivity index (χ3n) is 6.80. The lowest BCUT2D eigenvalue weighted by Crippen LogP contribution is -2.29. The van der Waals surface area contributed by atoms with E-state index in [9.17, 15) is 4.79 Å². The third kappa shape index (κ3) is 6.34. The quantitative estimate of drug-likeness (QED) is 0.328. The number of ether oxygens (including phenoxy) is 1. The zero-order valence-electron chi connectivity index (χ0n) is 24.6. The van der Waals surface area contributed by atoms with Crippen LogP contribution >= 0.6 is 0 Å². The van der Waals surface area contributed by atoms with Gasteiger partial charge in [0.2, 0.25) is 11.9 Å². The number of carbonyl (C=O) groups is 1. The van der Waals surface area contributed by atoms with Crippen LogP contribution in [0, 0.1) is 6.92 Å². The smallest absolute Gasteiger partial charge is 0.247 e. The number of hydrogen-bond donors (Lipinski definition) is 2. The van der Waals surface area contributed by atoms with E-state index >= 15 is 0 Å². The van der Waals surface area contributed by atoms with Crippen LogP contribution in [0.15, 0.2) is 49.2 Å². The molecule has 0 fully saturated rings. The number of likely N-dealkylation sites (N-methyl/N-ethyl adjacent to an activating group) is 2. The fourth-order valence-corrected chi connectivity index (χ4v) is 4.72. The summed E-state index contributed by atoms with van der Waals surface area (Å²) in [4.78, 5) is 32.9. The minimum Gasteiger partial charge on any atom is -0.492 e. The predicted octanol–water partition coefficient (Wildman–Crippen LogP) is 4.87. The number of benzene rings is 1. The highest BCUT2D eigenvalue weighted by Gasteiger charge is 2.38. The molecule has 0 radical (unpaired) electrons. The molecule has 0 aliphatic carbocycles. The van der Waals surface area contributed by atoms with Crippen LogP contribution in [0.2, 0.25) is 0 Å². The van der Waals surface area contributed by atoms with Crippen LogP contribution in [0.25, 0.3) is 0 Å². The van der Waals surface area contributed by atoms with E-state index in [0.717, 1.165) is 48.2 Å². The fourth-order valence-electron chi connectivity index (χ4n) is 4.72. The molecule has 1 amide bonds. The molecule has 2 aromatic heterocycles. The van der Waals surface area contributed by atoms with Crippen molar-refractivity contribution < 1.29 is 9.53 Å². The van der Waals surface area contributed by atoms with Crippen molar-refractivity contribution in [2.24, 2.45) is 0 Å². The van der Waals surface area contributed by atoms with Gasteiger partial charge in [0.15, 0.2) is 0 Å². The summed E-state index contributed by atoms with van der Waals surface area (Å²) >= 11 is 0. The zero-order valence-corrected chi connectivity index (χ0v) is 24.6. The summed E-state index contributed by atoms with van der Waals surface area (Å²) in [6.07, 6.45) is 2.99. The number of aromatic nitrogens is 3. The average molecular weight is 545 g/mol. The largest absolute Gasteiger partial charge is 0.492 e. The van der Waals surface area contributed by atoms with Gasteiger partial charge < -0.3 is 30.1 Å². The molecule has 0 atom stereocenters. The summed E-state index contributed by atoms with van der Waals surface area (Å²) in [6.45, 7) is 14.8. The van der Waals surface area contributed by atoms with Gasteiger partial charge in [-0.15, -0.1) is 0 Å². The summed E-state index contributed by atoms with van der Waals surface area (Å²) in [5.41, 5.74) is 5.10. The minimum absolute atomic E-state index is 0.116. The molecule has 0 bridgehead atoms. The van der Waals surface area contributed by atoms with Crippen LogP contribution in [0.3, 0.4) is 0 Å². The summed E-state index contributed by atoms with van der Waals surface area (Å²) in [7, 11) is 6.05. The summed E-state index contributed by atoms with van der Waals surface area (Å²) in [5.74, 6) is 1.52. The van der Waals surface area contributed by atoms with E-state index in [1.54, 1.807) is 6.20 Å². The number of carbonyl (C=O) groups excluding carboxylic acids is 1. The highest BCUT2D eigenvalue weighted by Crippen LogP contribution is 2.43. The number of rotatable bonds is 11. The molecule has 0 saturated heterocycles. The van der Waals surface area contributed by atoms with E-state index in [1.165, 1.54) is 6.08 Å². The summed E-state index contributed by atoms with van der Waals surface area (Å²) in [5, 5.41) is 6.27. The molecule has 1 aliphatic heterocycles. The molecule has 1 aliphatic rings. The number of fused-ring (bicyclic) bond motifs is 1. The lowest BCUT2D eigenvalue weighted by atomic mass is 9.91. The van der Waals surface area contributed by atoms with Gasteiger partial charge in [0.1, 0.15) is 11.6 Å². The van der Waals surface area contributed by atoms with Gasteiger partial charge >= 0.3 is 0 Å².